The second kappa shape index (κ2) is 9.89. The van der Waals surface area contributed by atoms with Crippen molar-refractivity contribution in [2.45, 2.75) is 39.2 Å². The summed E-state index contributed by atoms with van der Waals surface area (Å²) in [6.07, 6.45) is 10.2. The van der Waals surface area contributed by atoms with Gasteiger partial charge in [0.15, 0.2) is 17.5 Å². The van der Waals surface area contributed by atoms with Crippen LogP contribution in [0, 0.1) is 13.8 Å². The van der Waals surface area contributed by atoms with Crippen LogP contribution in [0.4, 0.5) is 11.6 Å². The topological polar surface area (TPSA) is 122 Å². The van der Waals surface area contributed by atoms with Gasteiger partial charge in [-0.15, -0.1) is 0 Å². The van der Waals surface area contributed by atoms with Crippen LogP contribution in [0.2, 0.25) is 0 Å². The number of hydrogen-bond donors (Lipinski definition) is 3. The molecule has 1 aliphatic carbocycles. The average molecular weight is 505 g/mol. The molecule has 0 radical (unpaired) electrons. The van der Waals surface area contributed by atoms with Gasteiger partial charge < -0.3 is 10.6 Å². The van der Waals surface area contributed by atoms with Crippen molar-refractivity contribution in [2.24, 2.45) is 0 Å². The monoisotopic (exact) mass is 504 g/mol. The van der Waals surface area contributed by atoms with E-state index in [0.29, 0.717) is 29.9 Å². The molecule has 0 aliphatic heterocycles. The molecule has 190 valence electrons. The molecular weight excluding hydrogens is 476 g/mol. The van der Waals surface area contributed by atoms with Crippen molar-refractivity contribution < 1.29 is 0 Å². The van der Waals surface area contributed by atoms with E-state index in [1.807, 2.05) is 67.3 Å². The average Bonchev–Trinajstić information content (AvgIpc) is 3.52. The van der Waals surface area contributed by atoms with Crippen LogP contribution in [0.15, 0.2) is 67.8 Å². The summed E-state index contributed by atoms with van der Waals surface area (Å²) in [7, 11) is 0. The molecule has 0 saturated heterocycles. The summed E-state index contributed by atoms with van der Waals surface area (Å²) in [5, 5.41) is 18.1. The lowest BCUT2D eigenvalue weighted by molar-refractivity contribution is 0.831. The number of anilines is 2. The Morgan fingerprint density at radius 3 is 2.63 bits per heavy atom. The van der Waals surface area contributed by atoms with Crippen LogP contribution < -0.4 is 10.6 Å². The van der Waals surface area contributed by atoms with Gasteiger partial charge in [0.05, 0.1) is 17.6 Å². The lowest BCUT2D eigenvalue weighted by atomic mass is 10.2. The van der Waals surface area contributed by atoms with Crippen LogP contribution in [0.1, 0.15) is 47.0 Å². The van der Waals surface area contributed by atoms with Gasteiger partial charge >= 0.3 is 0 Å². The molecule has 1 saturated carbocycles. The number of aromatic nitrogens is 8. The highest BCUT2D eigenvalue weighted by atomic mass is 15.3. The van der Waals surface area contributed by atoms with Crippen molar-refractivity contribution in [3.63, 3.8) is 0 Å². The van der Waals surface area contributed by atoms with E-state index in [9.17, 15) is 0 Å². The summed E-state index contributed by atoms with van der Waals surface area (Å²) in [6, 6.07) is 11.7. The SMILES string of the molecule is C=C(NCc1ccc(-n2cc(C3CC3)cn2)nc1)c1ccc(-c2nc(C)cc(Nc3cc(C)[nH]n3)n2)cn1. The Morgan fingerprint density at radius 2 is 1.92 bits per heavy atom. The van der Waals surface area contributed by atoms with E-state index in [2.05, 4.69) is 58.6 Å². The van der Waals surface area contributed by atoms with E-state index in [1.165, 1.54) is 18.4 Å². The first-order valence-corrected chi connectivity index (χ1v) is 12.5. The molecule has 5 aromatic heterocycles. The molecule has 0 amide bonds. The van der Waals surface area contributed by atoms with Crippen molar-refractivity contribution in [2.75, 3.05) is 5.32 Å². The molecule has 1 aliphatic rings. The highest BCUT2D eigenvalue weighted by Crippen LogP contribution is 2.39. The Hall–Kier alpha value is -4.86. The Labute approximate surface area is 220 Å². The molecule has 3 N–H and O–H groups in total. The minimum absolute atomic E-state index is 0.588. The van der Waals surface area contributed by atoms with Gasteiger partial charge in [-0.05, 0) is 61.9 Å². The van der Waals surface area contributed by atoms with E-state index in [-0.39, 0.29) is 0 Å². The maximum Gasteiger partial charge on any atom is 0.163 e. The fraction of sp³-hybridized carbons (Fsp3) is 0.214. The first-order chi connectivity index (χ1) is 18.5. The number of nitrogens with one attached hydrogen (secondary N) is 3. The maximum absolute atomic E-state index is 4.63. The van der Waals surface area contributed by atoms with Crippen molar-refractivity contribution >= 4 is 17.3 Å². The van der Waals surface area contributed by atoms with E-state index in [1.54, 1.807) is 6.20 Å². The zero-order valence-electron chi connectivity index (χ0n) is 21.3. The molecular formula is C28H28N10. The normalized spacial score (nSPS) is 12.9. The molecule has 0 unspecified atom stereocenters. The summed E-state index contributed by atoms with van der Waals surface area (Å²) in [4.78, 5) is 18.4. The lowest BCUT2D eigenvalue weighted by Gasteiger charge is -2.11. The van der Waals surface area contributed by atoms with Crippen LogP contribution in [0.25, 0.3) is 22.9 Å². The fourth-order valence-corrected chi connectivity index (χ4v) is 4.13. The van der Waals surface area contributed by atoms with Crippen molar-refractivity contribution in [1.82, 2.24) is 45.2 Å². The zero-order valence-corrected chi connectivity index (χ0v) is 21.3. The second-order valence-electron chi connectivity index (χ2n) is 9.56. The minimum Gasteiger partial charge on any atom is -0.380 e. The van der Waals surface area contributed by atoms with Crippen LogP contribution in [-0.4, -0.2) is 39.9 Å². The van der Waals surface area contributed by atoms with Gasteiger partial charge in [-0.2, -0.15) is 10.2 Å². The third-order valence-electron chi connectivity index (χ3n) is 6.35. The number of aromatic amines is 1. The second-order valence-corrected chi connectivity index (χ2v) is 9.56. The molecule has 5 heterocycles. The molecule has 10 nitrogen and oxygen atoms in total. The van der Waals surface area contributed by atoms with E-state index in [0.717, 1.165) is 39.7 Å². The predicted octanol–water partition coefficient (Wildman–Crippen LogP) is 4.84. The third kappa shape index (κ3) is 5.29. The lowest BCUT2D eigenvalue weighted by Crippen LogP contribution is -2.12. The van der Waals surface area contributed by atoms with E-state index >= 15 is 0 Å². The van der Waals surface area contributed by atoms with Gasteiger partial charge in [-0.3, -0.25) is 10.1 Å². The maximum atomic E-state index is 4.63. The zero-order chi connectivity index (χ0) is 26.1. The molecule has 6 rings (SSSR count). The van der Waals surface area contributed by atoms with Crippen LogP contribution in [-0.2, 0) is 6.54 Å². The molecule has 5 aromatic rings. The van der Waals surface area contributed by atoms with Gasteiger partial charge in [-0.1, -0.05) is 12.6 Å². The van der Waals surface area contributed by atoms with E-state index in [4.69, 9.17) is 0 Å². The first-order valence-electron chi connectivity index (χ1n) is 12.5. The third-order valence-corrected chi connectivity index (χ3v) is 6.35. The number of hydrogen-bond acceptors (Lipinski definition) is 8. The Kier molecular flexibility index (Phi) is 6.12. The summed E-state index contributed by atoms with van der Waals surface area (Å²) in [6.45, 7) is 8.62. The number of nitrogens with zero attached hydrogens (tertiary/aromatic N) is 7. The van der Waals surface area contributed by atoms with Gasteiger partial charge in [-0.25, -0.2) is 19.6 Å². The van der Waals surface area contributed by atoms with Gasteiger partial charge in [0.25, 0.3) is 0 Å². The molecule has 0 bridgehead atoms. The molecule has 10 heteroatoms. The standard InChI is InChI=1S/C28H28N10/c1-17-10-25(34-26-11-18(2)36-37-26)35-28(33-17)22-7-8-24(30-14-22)19(3)29-12-20-4-9-27(31-13-20)38-16-23(15-32-38)21-5-6-21/h4,7-11,13-16,21,29H,3,5-6,12H2,1-2H3,(H2,33,34,35,36,37). The summed E-state index contributed by atoms with van der Waals surface area (Å²) < 4.78 is 1.84. The summed E-state index contributed by atoms with van der Waals surface area (Å²) in [5.74, 6) is 3.45. The van der Waals surface area contributed by atoms with Crippen molar-refractivity contribution in [1.29, 1.82) is 0 Å². The quantitative estimate of drug-likeness (QED) is 0.261. The summed E-state index contributed by atoms with van der Waals surface area (Å²) >= 11 is 0. The molecule has 0 atom stereocenters. The summed E-state index contributed by atoms with van der Waals surface area (Å²) in [5.41, 5.74) is 6.44. The van der Waals surface area contributed by atoms with E-state index < -0.39 is 0 Å². The highest BCUT2D eigenvalue weighted by molar-refractivity contribution is 5.63. The molecule has 0 aromatic carbocycles. The largest absolute Gasteiger partial charge is 0.380 e. The van der Waals surface area contributed by atoms with Crippen molar-refractivity contribution in [3.05, 3.63) is 96.0 Å². The van der Waals surface area contributed by atoms with Crippen LogP contribution >= 0.6 is 0 Å². The van der Waals surface area contributed by atoms with Gasteiger partial charge in [0, 0.05) is 54.2 Å². The Bertz CT molecular complexity index is 1580. The van der Waals surface area contributed by atoms with Crippen LogP contribution in [0.5, 0.6) is 0 Å². The number of rotatable bonds is 9. The van der Waals surface area contributed by atoms with Crippen molar-refractivity contribution in [3.8, 4) is 17.2 Å². The van der Waals surface area contributed by atoms with Gasteiger partial charge in [0.2, 0.25) is 0 Å². The fourth-order valence-electron chi connectivity index (χ4n) is 4.13. The highest BCUT2D eigenvalue weighted by Gasteiger charge is 2.25. The Balaban J connectivity index is 1.08. The van der Waals surface area contributed by atoms with Crippen LogP contribution in [0.3, 0.4) is 0 Å². The number of pyridine rings is 2. The molecule has 0 spiro atoms. The molecule has 38 heavy (non-hydrogen) atoms. The van der Waals surface area contributed by atoms with Gasteiger partial charge in [0.1, 0.15) is 5.82 Å². The molecule has 1 fully saturated rings. The number of aryl methyl sites for hydroxylation is 2. The Morgan fingerprint density at radius 1 is 1.03 bits per heavy atom. The predicted molar refractivity (Wildman–Crippen MR) is 146 cm³/mol. The number of H-pyrrole nitrogens is 1. The minimum atomic E-state index is 0.588. The first kappa shape index (κ1) is 23.5. The smallest absolute Gasteiger partial charge is 0.163 e.